The summed E-state index contributed by atoms with van der Waals surface area (Å²) in [5.41, 5.74) is 0. The normalized spacial score (nSPS) is 18.6. The van der Waals surface area contributed by atoms with Crippen LogP contribution in [0.15, 0.2) is 0 Å². The summed E-state index contributed by atoms with van der Waals surface area (Å²) in [6.45, 7) is 7.75. The second-order valence-electron chi connectivity index (χ2n) is 5.03. The number of nitrogens with one attached hydrogen (secondary N) is 1. The summed E-state index contributed by atoms with van der Waals surface area (Å²) < 4.78 is 28.5. The first kappa shape index (κ1) is 16.4. The van der Waals surface area contributed by atoms with Crippen molar-refractivity contribution in [3.05, 3.63) is 0 Å². The van der Waals surface area contributed by atoms with Crippen LogP contribution in [0.2, 0.25) is 0 Å². The van der Waals surface area contributed by atoms with Gasteiger partial charge in [-0.15, -0.1) is 0 Å². The highest BCUT2D eigenvalue weighted by atomic mass is 32.2. The maximum Gasteiger partial charge on any atom is 0.239 e. The van der Waals surface area contributed by atoms with Crippen LogP contribution in [0.1, 0.15) is 20.8 Å². The Morgan fingerprint density at radius 2 is 1.84 bits per heavy atom. The molecule has 0 aromatic heterocycles. The highest BCUT2D eigenvalue weighted by Gasteiger charge is 2.23. The number of amides is 1. The molecule has 1 rings (SSSR count). The fourth-order valence-corrected chi connectivity index (χ4v) is 2.67. The Hall–Kier alpha value is -0.660. The average Bonchev–Trinajstić information content (AvgIpc) is 2.38. The van der Waals surface area contributed by atoms with Crippen molar-refractivity contribution in [2.75, 3.05) is 38.6 Å². The van der Waals surface area contributed by atoms with Crippen molar-refractivity contribution >= 4 is 15.7 Å². The molecule has 1 unspecified atom stereocenters. The average molecular weight is 292 g/mol. The van der Waals surface area contributed by atoms with Gasteiger partial charge in [-0.3, -0.25) is 4.79 Å². The van der Waals surface area contributed by atoms with Crippen LogP contribution < -0.4 is 5.32 Å². The van der Waals surface area contributed by atoms with Crippen molar-refractivity contribution < 1.29 is 17.9 Å². The molecule has 0 saturated carbocycles. The van der Waals surface area contributed by atoms with Gasteiger partial charge in [-0.25, -0.2) is 8.42 Å². The summed E-state index contributed by atoms with van der Waals surface area (Å²) in [4.78, 5) is 13.8. The molecular weight excluding hydrogens is 268 g/mol. The Kier molecular flexibility index (Phi) is 6.22. The fraction of sp³-hybridized carbons (Fsp3) is 0.917. The fourth-order valence-electron chi connectivity index (χ4n) is 1.80. The van der Waals surface area contributed by atoms with Gasteiger partial charge < -0.3 is 15.0 Å². The molecule has 0 aromatic carbocycles. The van der Waals surface area contributed by atoms with Gasteiger partial charge >= 0.3 is 0 Å². The zero-order valence-electron chi connectivity index (χ0n) is 11.9. The van der Waals surface area contributed by atoms with Crippen molar-refractivity contribution in [1.29, 1.82) is 0 Å². The SMILES string of the molecule is CC(NCCS(=O)(=O)C(C)C)C(=O)N1CCOCC1. The van der Waals surface area contributed by atoms with E-state index in [1.807, 2.05) is 0 Å². The number of morpholine rings is 1. The van der Waals surface area contributed by atoms with E-state index in [1.165, 1.54) is 0 Å². The second kappa shape index (κ2) is 7.21. The van der Waals surface area contributed by atoms with Crippen LogP contribution in [0, 0.1) is 0 Å². The number of sulfone groups is 1. The van der Waals surface area contributed by atoms with Crippen molar-refractivity contribution in [3.63, 3.8) is 0 Å². The molecule has 0 aliphatic carbocycles. The molecular formula is C12H24N2O4S. The summed E-state index contributed by atoms with van der Waals surface area (Å²) in [5.74, 6) is 0.0658. The Morgan fingerprint density at radius 3 is 2.37 bits per heavy atom. The highest BCUT2D eigenvalue weighted by molar-refractivity contribution is 7.92. The van der Waals surface area contributed by atoms with E-state index < -0.39 is 9.84 Å². The van der Waals surface area contributed by atoms with Crippen LogP contribution in [-0.4, -0.2) is 69.1 Å². The summed E-state index contributed by atoms with van der Waals surface area (Å²) in [5, 5.41) is 2.60. The molecule has 7 heteroatoms. The van der Waals surface area contributed by atoms with Gasteiger partial charge in [0.25, 0.3) is 0 Å². The molecule has 0 aromatic rings. The number of carbonyl (C=O) groups excluding carboxylic acids is 1. The van der Waals surface area contributed by atoms with Crippen LogP contribution in [-0.2, 0) is 19.4 Å². The molecule has 1 amide bonds. The first-order valence-corrected chi connectivity index (χ1v) is 8.37. The van der Waals surface area contributed by atoms with Crippen molar-refractivity contribution in [2.45, 2.75) is 32.1 Å². The maximum absolute atomic E-state index is 12.0. The third kappa shape index (κ3) is 5.08. The molecule has 1 heterocycles. The Bertz CT molecular complexity index is 389. The molecule has 1 aliphatic heterocycles. The number of hydrogen-bond donors (Lipinski definition) is 1. The first-order chi connectivity index (χ1) is 8.84. The van der Waals surface area contributed by atoms with Crippen LogP contribution in [0.3, 0.4) is 0 Å². The molecule has 6 nitrogen and oxygen atoms in total. The van der Waals surface area contributed by atoms with Crippen LogP contribution in [0.25, 0.3) is 0 Å². The zero-order chi connectivity index (χ0) is 14.5. The number of rotatable bonds is 6. The second-order valence-corrected chi connectivity index (χ2v) is 7.71. The molecule has 0 bridgehead atoms. The molecule has 0 spiro atoms. The predicted octanol–water partition coefficient (Wildman–Crippen LogP) is -0.353. The van der Waals surface area contributed by atoms with Crippen LogP contribution in [0.5, 0.6) is 0 Å². The monoisotopic (exact) mass is 292 g/mol. The molecule has 1 atom stereocenters. The molecule has 1 aliphatic rings. The largest absolute Gasteiger partial charge is 0.378 e. The van der Waals surface area contributed by atoms with Crippen LogP contribution in [0.4, 0.5) is 0 Å². The zero-order valence-corrected chi connectivity index (χ0v) is 12.7. The first-order valence-electron chi connectivity index (χ1n) is 6.66. The molecule has 112 valence electrons. The van der Waals surface area contributed by atoms with Gasteiger partial charge in [0.1, 0.15) is 0 Å². The number of ether oxygens (including phenoxy) is 1. The summed E-state index contributed by atoms with van der Waals surface area (Å²) >= 11 is 0. The number of hydrogen-bond acceptors (Lipinski definition) is 5. The summed E-state index contributed by atoms with van der Waals surface area (Å²) in [6.07, 6.45) is 0. The quantitative estimate of drug-likeness (QED) is 0.724. The van der Waals surface area contributed by atoms with Gasteiger partial charge in [0.05, 0.1) is 30.3 Å². The summed E-state index contributed by atoms with van der Waals surface area (Å²) in [7, 11) is -3.05. The number of nitrogens with zero attached hydrogens (tertiary/aromatic N) is 1. The van der Waals surface area contributed by atoms with E-state index in [-0.39, 0.29) is 23.0 Å². The summed E-state index contributed by atoms with van der Waals surface area (Å²) in [6, 6.07) is -0.361. The lowest BCUT2D eigenvalue weighted by Gasteiger charge is -2.29. The van der Waals surface area contributed by atoms with E-state index >= 15 is 0 Å². The molecule has 1 saturated heterocycles. The lowest BCUT2D eigenvalue weighted by atomic mass is 10.2. The van der Waals surface area contributed by atoms with E-state index in [0.717, 1.165) is 0 Å². The predicted molar refractivity (Wildman–Crippen MR) is 73.8 cm³/mol. The van der Waals surface area contributed by atoms with Gasteiger partial charge in [0.2, 0.25) is 5.91 Å². The smallest absolute Gasteiger partial charge is 0.239 e. The molecule has 0 radical (unpaired) electrons. The highest BCUT2D eigenvalue weighted by Crippen LogP contribution is 2.02. The van der Waals surface area contributed by atoms with Crippen molar-refractivity contribution in [1.82, 2.24) is 10.2 Å². The topological polar surface area (TPSA) is 75.7 Å². The third-order valence-electron chi connectivity index (χ3n) is 3.25. The van der Waals surface area contributed by atoms with Gasteiger partial charge in [-0.2, -0.15) is 0 Å². The van der Waals surface area contributed by atoms with E-state index in [0.29, 0.717) is 32.8 Å². The van der Waals surface area contributed by atoms with Gasteiger partial charge in [-0.05, 0) is 20.8 Å². The Morgan fingerprint density at radius 1 is 1.26 bits per heavy atom. The third-order valence-corrected chi connectivity index (χ3v) is 5.46. The lowest BCUT2D eigenvalue weighted by Crippen LogP contribution is -2.50. The minimum absolute atomic E-state index is 0.00486. The van der Waals surface area contributed by atoms with Gasteiger partial charge in [0, 0.05) is 19.6 Å². The molecule has 19 heavy (non-hydrogen) atoms. The minimum Gasteiger partial charge on any atom is -0.378 e. The van der Waals surface area contributed by atoms with E-state index in [9.17, 15) is 13.2 Å². The Balaban J connectivity index is 2.34. The lowest BCUT2D eigenvalue weighted by molar-refractivity contribution is -0.137. The van der Waals surface area contributed by atoms with Crippen molar-refractivity contribution in [3.8, 4) is 0 Å². The van der Waals surface area contributed by atoms with Crippen molar-refractivity contribution in [2.24, 2.45) is 0 Å². The Labute approximate surface area is 115 Å². The molecule has 1 N–H and O–H groups in total. The maximum atomic E-state index is 12.0. The van der Waals surface area contributed by atoms with E-state index in [2.05, 4.69) is 5.32 Å². The van der Waals surface area contributed by atoms with E-state index in [4.69, 9.17) is 4.74 Å². The van der Waals surface area contributed by atoms with Gasteiger partial charge in [-0.1, -0.05) is 0 Å². The number of carbonyl (C=O) groups is 1. The standard InChI is InChI=1S/C12H24N2O4S/c1-10(2)19(16,17)9-4-13-11(3)12(15)14-5-7-18-8-6-14/h10-11,13H,4-9H2,1-3H3. The van der Waals surface area contributed by atoms with E-state index in [1.54, 1.807) is 25.7 Å². The minimum atomic E-state index is -3.05. The van der Waals surface area contributed by atoms with Gasteiger partial charge in [0.15, 0.2) is 9.84 Å². The van der Waals surface area contributed by atoms with Crippen LogP contribution >= 0.6 is 0 Å². The molecule has 1 fully saturated rings.